The van der Waals surface area contributed by atoms with Gasteiger partial charge in [-0.2, -0.15) is 0 Å². The van der Waals surface area contributed by atoms with Crippen molar-refractivity contribution in [1.82, 2.24) is 0 Å². The molecule has 1 heterocycles. The number of halogens is 1. The fourth-order valence-electron chi connectivity index (χ4n) is 0.389. The van der Waals surface area contributed by atoms with Gasteiger partial charge >= 0.3 is 0 Å². The van der Waals surface area contributed by atoms with Crippen LogP contribution in [-0.4, -0.2) is 0 Å². The fraction of sp³-hybridized carbons (Fsp3) is 0.200. The van der Waals surface area contributed by atoms with Gasteiger partial charge in [-0.1, -0.05) is 22.6 Å². The van der Waals surface area contributed by atoms with Gasteiger partial charge < -0.3 is 4.42 Å². The zero-order chi connectivity index (χ0) is 5.11. The molecule has 2 heteroatoms. The standard InChI is InChI=1S/C5H5IO/c6-4-5-2-1-3-7-5/h1-3H,4H2. The summed E-state index contributed by atoms with van der Waals surface area (Å²) >= 11 is 2.26. The molecule has 0 N–H and O–H groups in total. The van der Waals surface area contributed by atoms with Crippen LogP contribution in [0, 0.1) is 0 Å². The molecule has 0 saturated heterocycles. The summed E-state index contributed by atoms with van der Waals surface area (Å²) in [5, 5.41) is 0. The third-order valence-electron chi connectivity index (χ3n) is 0.712. The van der Waals surface area contributed by atoms with Crippen molar-refractivity contribution >= 4 is 22.6 Å². The lowest BCUT2D eigenvalue weighted by atomic mass is 10.5. The summed E-state index contributed by atoms with van der Waals surface area (Å²) in [5.41, 5.74) is 0. The Morgan fingerprint density at radius 1 is 1.71 bits per heavy atom. The molecule has 0 fully saturated rings. The molecule has 0 aliphatic heterocycles. The molecule has 0 bridgehead atoms. The Hall–Kier alpha value is 0.01000. The van der Waals surface area contributed by atoms with Crippen LogP contribution in [0.25, 0.3) is 0 Å². The first-order chi connectivity index (χ1) is 3.43. The average molecular weight is 208 g/mol. The van der Waals surface area contributed by atoms with Crippen LogP contribution in [0.4, 0.5) is 0 Å². The molecule has 1 aromatic heterocycles. The van der Waals surface area contributed by atoms with E-state index in [1.165, 1.54) is 0 Å². The van der Waals surface area contributed by atoms with Crippen molar-refractivity contribution in [2.75, 3.05) is 0 Å². The first-order valence-electron chi connectivity index (χ1n) is 2.02. The summed E-state index contributed by atoms with van der Waals surface area (Å²) in [5.74, 6) is 1.04. The smallest absolute Gasteiger partial charge is 0.113 e. The molecule has 7 heavy (non-hydrogen) atoms. The van der Waals surface area contributed by atoms with Crippen molar-refractivity contribution in [3.05, 3.63) is 24.2 Å². The summed E-state index contributed by atoms with van der Waals surface area (Å²) in [6.45, 7) is 0. The second-order valence-electron chi connectivity index (χ2n) is 1.21. The SMILES string of the molecule is ICc1ccco1. The number of furan rings is 1. The van der Waals surface area contributed by atoms with Gasteiger partial charge in [-0.05, 0) is 12.1 Å². The first kappa shape index (κ1) is 5.15. The summed E-state index contributed by atoms with van der Waals surface area (Å²) < 4.78 is 5.94. The summed E-state index contributed by atoms with van der Waals surface area (Å²) in [4.78, 5) is 0. The van der Waals surface area contributed by atoms with E-state index in [1.807, 2.05) is 12.1 Å². The van der Waals surface area contributed by atoms with Gasteiger partial charge in [0.2, 0.25) is 0 Å². The van der Waals surface area contributed by atoms with Crippen LogP contribution in [0.3, 0.4) is 0 Å². The van der Waals surface area contributed by atoms with Crippen LogP contribution in [0.15, 0.2) is 22.8 Å². The minimum atomic E-state index is 0.963. The maximum atomic E-state index is 4.98. The highest BCUT2D eigenvalue weighted by atomic mass is 127. The molecule has 1 aromatic rings. The van der Waals surface area contributed by atoms with Gasteiger partial charge in [0, 0.05) is 0 Å². The van der Waals surface area contributed by atoms with E-state index in [2.05, 4.69) is 22.6 Å². The maximum absolute atomic E-state index is 4.98. The molecule has 1 nitrogen and oxygen atoms in total. The molecule has 0 spiro atoms. The van der Waals surface area contributed by atoms with Crippen molar-refractivity contribution in [2.45, 2.75) is 4.43 Å². The van der Waals surface area contributed by atoms with E-state index in [0.29, 0.717) is 0 Å². The zero-order valence-corrected chi connectivity index (χ0v) is 5.88. The van der Waals surface area contributed by atoms with Crippen LogP contribution in [0.1, 0.15) is 5.76 Å². The Morgan fingerprint density at radius 2 is 2.57 bits per heavy atom. The number of hydrogen-bond donors (Lipinski definition) is 0. The molecule has 38 valence electrons. The van der Waals surface area contributed by atoms with Crippen LogP contribution in [-0.2, 0) is 4.43 Å². The predicted octanol–water partition coefficient (Wildman–Crippen LogP) is 2.21. The van der Waals surface area contributed by atoms with Gasteiger partial charge in [0.15, 0.2) is 0 Å². The Balaban J connectivity index is 2.76. The van der Waals surface area contributed by atoms with Crippen LogP contribution in [0.2, 0.25) is 0 Å². The van der Waals surface area contributed by atoms with Gasteiger partial charge in [-0.3, -0.25) is 0 Å². The average Bonchev–Trinajstić information content (AvgIpc) is 2.14. The topological polar surface area (TPSA) is 13.1 Å². The molecule has 0 aliphatic rings. The minimum Gasteiger partial charge on any atom is -0.469 e. The zero-order valence-electron chi connectivity index (χ0n) is 3.73. The Kier molecular flexibility index (Phi) is 1.73. The van der Waals surface area contributed by atoms with E-state index >= 15 is 0 Å². The Labute approximate surface area is 55.9 Å². The molecule has 0 radical (unpaired) electrons. The van der Waals surface area contributed by atoms with Crippen LogP contribution < -0.4 is 0 Å². The van der Waals surface area contributed by atoms with Crippen molar-refractivity contribution in [1.29, 1.82) is 0 Å². The third-order valence-corrected chi connectivity index (χ3v) is 1.46. The largest absolute Gasteiger partial charge is 0.469 e. The van der Waals surface area contributed by atoms with E-state index in [1.54, 1.807) is 6.26 Å². The Bertz CT molecular complexity index is 123. The molecule has 0 atom stereocenters. The van der Waals surface area contributed by atoms with E-state index in [4.69, 9.17) is 4.42 Å². The lowest BCUT2D eigenvalue weighted by molar-refractivity contribution is 0.533. The number of alkyl halides is 1. The monoisotopic (exact) mass is 208 g/mol. The van der Waals surface area contributed by atoms with Gasteiger partial charge in [-0.25, -0.2) is 0 Å². The summed E-state index contributed by atoms with van der Waals surface area (Å²) in [6, 6.07) is 3.86. The minimum absolute atomic E-state index is 0.963. The van der Waals surface area contributed by atoms with Gasteiger partial charge in [0.1, 0.15) is 5.76 Å². The molecule has 0 amide bonds. The van der Waals surface area contributed by atoms with E-state index in [0.717, 1.165) is 10.2 Å². The van der Waals surface area contributed by atoms with Crippen molar-refractivity contribution in [3.63, 3.8) is 0 Å². The normalized spacial score (nSPS) is 9.29. The third kappa shape index (κ3) is 1.19. The number of rotatable bonds is 1. The number of hydrogen-bond acceptors (Lipinski definition) is 1. The molecule has 0 aliphatic carbocycles. The molecule has 1 rings (SSSR count). The van der Waals surface area contributed by atoms with E-state index in [9.17, 15) is 0 Å². The molecule has 0 unspecified atom stereocenters. The highest BCUT2D eigenvalue weighted by Gasteiger charge is 1.85. The van der Waals surface area contributed by atoms with Gasteiger partial charge in [0.05, 0.1) is 10.7 Å². The lowest BCUT2D eigenvalue weighted by Gasteiger charge is -1.78. The van der Waals surface area contributed by atoms with Crippen molar-refractivity contribution in [2.24, 2.45) is 0 Å². The highest BCUT2D eigenvalue weighted by molar-refractivity contribution is 14.1. The van der Waals surface area contributed by atoms with Crippen molar-refractivity contribution < 1.29 is 4.42 Å². The molecule has 0 saturated carbocycles. The fourth-order valence-corrected chi connectivity index (χ4v) is 0.823. The van der Waals surface area contributed by atoms with Gasteiger partial charge in [-0.15, -0.1) is 0 Å². The second-order valence-corrected chi connectivity index (χ2v) is 1.98. The molecular formula is C5H5IO. The molecular weight excluding hydrogens is 203 g/mol. The highest BCUT2D eigenvalue weighted by Crippen LogP contribution is 2.04. The summed E-state index contributed by atoms with van der Waals surface area (Å²) in [7, 11) is 0. The van der Waals surface area contributed by atoms with Crippen molar-refractivity contribution in [3.8, 4) is 0 Å². The van der Waals surface area contributed by atoms with Gasteiger partial charge in [0.25, 0.3) is 0 Å². The Morgan fingerprint density at radius 3 is 2.86 bits per heavy atom. The van der Waals surface area contributed by atoms with E-state index < -0.39 is 0 Å². The molecule has 0 aromatic carbocycles. The van der Waals surface area contributed by atoms with Crippen LogP contribution >= 0.6 is 22.6 Å². The predicted molar refractivity (Wildman–Crippen MR) is 36.4 cm³/mol. The van der Waals surface area contributed by atoms with Crippen LogP contribution in [0.5, 0.6) is 0 Å². The van der Waals surface area contributed by atoms with E-state index in [-0.39, 0.29) is 0 Å². The summed E-state index contributed by atoms with van der Waals surface area (Å²) in [6.07, 6.45) is 1.69. The lowest BCUT2D eigenvalue weighted by Crippen LogP contribution is -1.61. The second kappa shape index (κ2) is 2.35. The quantitative estimate of drug-likeness (QED) is 0.509. The first-order valence-corrected chi connectivity index (χ1v) is 3.54. The maximum Gasteiger partial charge on any atom is 0.113 e.